The van der Waals surface area contributed by atoms with E-state index in [1.807, 2.05) is 19.2 Å². The number of hydrogen-bond acceptors (Lipinski definition) is 3. The molecule has 0 fully saturated rings. The lowest BCUT2D eigenvalue weighted by molar-refractivity contribution is 0.563. The lowest BCUT2D eigenvalue weighted by Gasteiger charge is -2.15. The van der Waals surface area contributed by atoms with Gasteiger partial charge < -0.3 is 11.1 Å². The summed E-state index contributed by atoms with van der Waals surface area (Å²) >= 11 is 0. The lowest BCUT2D eigenvalue weighted by Crippen LogP contribution is -2.23. The molecule has 110 valence electrons. The number of aliphatic imine (C=N–C) groups is 1. The van der Waals surface area contributed by atoms with Gasteiger partial charge in [-0.25, -0.2) is 4.99 Å². The highest BCUT2D eigenvalue weighted by atomic mass is 14.9. The van der Waals surface area contributed by atoms with Crippen LogP contribution in [0.4, 0.5) is 0 Å². The molecule has 20 heavy (non-hydrogen) atoms. The van der Waals surface area contributed by atoms with Crippen LogP contribution in [0.15, 0.2) is 53.0 Å². The molecule has 0 amide bonds. The minimum absolute atomic E-state index is 0.314. The standard InChI is InChI=1S/C17H27N3/c1-4-5-6-7-9-16-12-15(14(2)3)13-20-17(18)10-8-11-19-16/h8,10-13,16,19H,2,4-7,9,18H2,1,3H3/b11-8-,15-12+,17-10-,20-13-. The molecule has 0 aromatic heterocycles. The van der Waals surface area contributed by atoms with E-state index in [1.54, 1.807) is 12.3 Å². The van der Waals surface area contributed by atoms with E-state index in [0.717, 1.165) is 17.6 Å². The fourth-order valence-electron chi connectivity index (χ4n) is 2.03. The van der Waals surface area contributed by atoms with Gasteiger partial charge in [0, 0.05) is 12.3 Å². The summed E-state index contributed by atoms with van der Waals surface area (Å²) < 4.78 is 0. The van der Waals surface area contributed by atoms with E-state index in [9.17, 15) is 0 Å². The van der Waals surface area contributed by atoms with Crippen molar-refractivity contribution in [2.24, 2.45) is 10.7 Å². The molecule has 0 radical (unpaired) electrons. The number of nitrogens with one attached hydrogen (secondary N) is 1. The highest BCUT2D eigenvalue weighted by molar-refractivity contribution is 5.85. The van der Waals surface area contributed by atoms with E-state index in [0.29, 0.717) is 11.9 Å². The summed E-state index contributed by atoms with van der Waals surface area (Å²) in [5, 5.41) is 3.41. The Morgan fingerprint density at radius 3 is 2.90 bits per heavy atom. The first-order chi connectivity index (χ1) is 9.63. The highest BCUT2D eigenvalue weighted by Crippen LogP contribution is 2.12. The zero-order valence-electron chi connectivity index (χ0n) is 12.7. The van der Waals surface area contributed by atoms with Crippen molar-refractivity contribution >= 4 is 6.21 Å². The van der Waals surface area contributed by atoms with E-state index >= 15 is 0 Å². The Kier molecular flexibility index (Phi) is 7.48. The summed E-state index contributed by atoms with van der Waals surface area (Å²) in [6.07, 6.45) is 15.8. The first kappa shape index (κ1) is 16.3. The normalized spacial score (nSPS) is 27.4. The number of hydrogen-bond donors (Lipinski definition) is 2. The molecule has 1 rings (SSSR count). The highest BCUT2D eigenvalue weighted by Gasteiger charge is 2.06. The molecule has 0 aromatic rings. The zero-order chi connectivity index (χ0) is 14.8. The first-order valence-corrected chi connectivity index (χ1v) is 7.43. The molecule has 0 saturated carbocycles. The third-order valence-electron chi connectivity index (χ3n) is 3.27. The molecule has 0 bridgehead atoms. The van der Waals surface area contributed by atoms with Gasteiger partial charge in [0.25, 0.3) is 0 Å². The molecule has 1 atom stereocenters. The maximum atomic E-state index is 5.76. The number of unbranched alkanes of at least 4 members (excludes halogenated alkanes) is 3. The van der Waals surface area contributed by atoms with Crippen molar-refractivity contribution in [2.45, 2.75) is 52.0 Å². The van der Waals surface area contributed by atoms with E-state index in [2.05, 4.69) is 29.9 Å². The molecule has 1 heterocycles. The number of allylic oxidation sites excluding steroid dienone is 4. The summed E-state index contributed by atoms with van der Waals surface area (Å²) in [6.45, 7) is 8.24. The summed E-state index contributed by atoms with van der Waals surface area (Å²) in [4.78, 5) is 4.24. The van der Waals surface area contributed by atoms with Crippen molar-refractivity contribution in [3.63, 3.8) is 0 Å². The quantitative estimate of drug-likeness (QED) is 0.723. The monoisotopic (exact) mass is 273 g/mol. The van der Waals surface area contributed by atoms with E-state index in [4.69, 9.17) is 5.73 Å². The number of nitrogens with zero attached hydrogens (tertiary/aromatic N) is 1. The van der Waals surface area contributed by atoms with Crippen LogP contribution in [0.3, 0.4) is 0 Å². The Labute approximate surface area is 123 Å². The Balaban J connectivity index is 2.76. The van der Waals surface area contributed by atoms with Crippen LogP contribution in [0.2, 0.25) is 0 Å². The summed E-state index contributed by atoms with van der Waals surface area (Å²) in [6, 6.07) is 0.314. The van der Waals surface area contributed by atoms with Gasteiger partial charge in [-0.2, -0.15) is 0 Å². The summed E-state index contributed by atoms with van der Waals surface area (Å²) in [5.74, 6) is 0.497. The van der Waals surface area contributed by atoms with Crippen LogP contribution >= 0.6 is 0 Å². The SMILES string of the molecule is C=C(C)C1=C\C(CCCCCC)N\C=C/C=C(N)\N=C/1. The van der Waals surface area contributed by atoms with Gasteiger partial charge in [-0.15, -0.1) is 0 Å². The molecule has 3 N–H and O–H groups in total. The molecule has 0 saturated heterocycles. The summed E-state index contributed by atoms with van der Waals surface area (Å²) in [7, 11) is 0. The van der Waals surface area contributed by atoms with Crippen LogP contribution in [-0.2, 0) is 0 Å². The van der Waals surface area contributed by atoms with Crippen molar-refractivity contribution in [3.05, 3.63) is 48.0 Å². The maximum absolute atomic E-state index is 5.76. The van der Waals surface area contributed by atoms with E-state index in [-0.39, 0.29) is 0 Å². The van der Waals surface area contributed by atoms with E-state index < -0.39 is 0 Å². The second-order valence-electron chi connectivity index (χ2n) is 5.23. The molecule has 0 aromatic carbocycles. The van der Waals surface area contributed by atoms with Crippen molar-refractivity contribution < 1.29 is 0 Å². The maximum Gasteiger partial charge on any atom is 0.123 e. The second kappa shape index (κ2) is 9.18. The molecular formula is C17H27N3. The average Bonchev–Trinajstić information content (AvgIpc) is 2.42. The molecule has 3 nitrogen and oxygen atoms in total. The van der Waals surface area contributed by atoms with Gasteiger partial charge in [0.15, 0.2) is 0 Å². The molecule has 0 aliphatic carbocycles. The minimum Gasteiger partial charge on any atom is -0.385 e. The number of rotatable bonds is 6. The van der Waals surface area contributed by atoms with Crippen LogP contribution in [-0.4, -0.2) is 12.3 Å². The molecule has 1 aliphatic heterocycles. The predicted octanol–water partition coefficient (Wildman–Crippen LogP) is 3.82. The van der Waals surface area contributed by atoms with Gasteiger partial charge in [-0.1, -0.05) is 45.3 Å². The van der Waals surface area contributed by atoms with Crippen LogP contribution in [0, 0.1) is 0 Å². The lowest BCUT2D eigenvalue weighted by atomic mass is 10.0. The Morgan fingerprint density at radius 2 is 2.20 bits per heavy atom. The smallest absolute Gasteiger partial charge is 0.123 e. The van der Waals surface area contributed by atoms with Gasteiger partial charge in [0.2, 0.25) is 0 Å². The molecule has 1 unspecified atom stereocenters. The topological polar surface area (TPSA) is 50.4 Å². The van der Waals surface area contributed by atoms with Crippen molar-refractivity contribution in [1.29, 1.82) is 0 Å². The Hall–Kier alpha value is -1.77. The third kappa shape index (κ3) is 6.41. The fourth-order valence-corrected chi connectivity index (χ4v) is 2.03. The molecule has 3 heteroatoms. The van der Waals surface area contributed by atoms with E-state index in [1.165, 1.54) is 25.7 Å². The van der Waals surface area contributed by atoms with Gasteiger partial charge in [0.1, 0.15) is 5.82 Å². The molecule has 0 spiro atoms. The van der Waals surface area contributed by atoms with Gasteiger partial charge in [-0.3, -0.25) is 0 Å². The van der Waals surface area contributed by atoms with Crippen molar-refractivity contribution in [3.8, 4) is 0 Å². The van der Waals surface area contributed by atoms with Crippen molar-refractivity contribution in [1.82, 2.24) is 5.32 Å². The largest absolute Gasteiger partial charge is 0.385 e. The Morgan fingerprint density at radius 1 is 1.40 bits per heavy atom. The molecule has 1 aliphatic rings. The Bertz CT molecular complexity index is 428. The average molecular weight is 273 g/mol. The molecular weight excluding hydrogens is 246 g/mol. The van der Waals surface area contributed by atoms with Gasteiger partial charge in [0.05, 0.1) is 0 Å². The van der Waals surface area contributed by atoms with Crippen LogP contribution in [0.5, 0.6) is 0 Å². The van der Waals surface area contributed by atoms with Crippen molar-refractivity contribution in [2.75, 3.05) is 0 Å². The zero-order valence-corrected chi connectivity index (χ0v) is 12.7. The van der Waals surface area contributed by atoms with Crippen LogP contribution < -0.4 is 11.1 Å². The third-order valence-corrected chi connectivity index (χ3v) is 3.27. The van der Waals surface area contributed by atoms with Crippen LogP contribution in [0.1, 0.15) is 46.0 Å². The van der Waals surface area contributed by atoms with Gasteiger partial charge in [-0.05, 0) is 42.8 Å². The summed E-state index contributed by atoms with van der Waals surface area (Å²) in [5.41, 5.74) is 7.81. The first-order valence-electron chi connectivity index (χ1n) is 7.43. The minimum atomic E-state index is 0.314. The number of nitrogens with two attached hydrogens (primary N) is 1. The van der Waals surface area contributed by atoms with Gasteiger partial charge >= 0.3 is 0 Å². The fraction of sp³-hybridized carbons (Fsp3) is 0.471. The predicted molar refractivity (Wildman–Crippen MR) is 88.5 cm³/mol. The second-order valence-corrected chi connectivity index (χ2v) is 5.23. The van der Waals surface area contributed by atoms with Crippen LogP contribution in [0.25, 0.3) is 0 Å².